The Balaban J connectivity index is 1.66. The van der Waals surface area contributed by atoms with E-state index in [4.69, 9.17) is 4.74 Å². The van der Waals surface area contributed by atoms with Crippen molar-refractivity contribution in [3.63, 3.8) is 0 Å². The highest BCUT2D eigenvalue weighted by Crippen LogP contribution is 2.28. The first-order valence-corrected chi connectivity index (χ1v) is 7.21. The monoisotopic (exact) mass is 254 g/mol. The average molecular weight is 254 g/mol. The van der Waals surface area contributed by atoms with Crippen molar-refractivity contribution in [1.29, 1.82) is 0 Å². The van der Waals surface area contributed by atoms with E-state index in [1.54, 1.807) is 7.11 Å². The number of nitrogens with zero attached hydrogens (tertiary/aromatic N) is 1. The Bertz CT molecular complexity index is 271. The summed E-state index contributed by atoms with van der Waals surface area (Å²) in [7, 11) is 1.65. The fraction of sp³-hybridized carbons (Fsp3) is 0.929. The molecule has 0 aromatic rings. The predicted molar refractivity (Wildman–Crippen MR) is 71.4 cm³/mol. The molecule has 1 amide bonds. The number of nitrogens with one attached hydrogen (secondary N) is 1. The fourth-order valence-electron chi connectivity index (χ4n) is 2.59. The quantitative estimate of drug-likeness (QED) is 0.776. The molecular weight excluding hydrogens is 228 g/mol. The van der Waals surface area contributed by atoms with E-state index in [0.29, 0.717) is 12.6 Å². The second-order valence-electron chi connectivity index (χ2n) is 5.81. The van der Waals surface area contributed by atoms with E-state index in [1.165, 1.54) is 19.4 Å². The zero-order valence-corrected chi connectivity index (χ0v) is 11.7. The van der Waals surface area contributed by atoms with Crippen LogP contribution in [0.1, 0.15) is 32.6 Å². The second kappa shape index (κ2) is 6.53. The highest BCUT2D eigenvalue weighted by atomic mass is 16.5. The fourth-order valence-corrected chi connectivity index (χ4v) is 2.59. The molecule has 1 saturated carbocycles. The SMILES string of the molecule is COCC(C)C(=O)N1CCC(NCC2CC2)CC1. The summed E-state index contributed by atoms with van der Waals surface area (Å²) in [5.41, 5.74) is 0. The van der Waals surface area contributed by atoms with Crippen LogP contribution in [-0.4, -0.2) is 50.2 Å². The van der Waals surface area contributed by atoms with Crippen LogP contribution in [0.2, 0.25) is 0 Å². The van der Waals surface area contributed by atoms with Crippen molar-refractivity contribution in [3.8, 4) is 0 Å². The molecule has 2 fully saturated rings. The lowest BCUT2D eigenvalue weighted by atomic mass is 10.0. The molecule has 0 bridgehead atoms. The third-order valence-electron chi connectivity index (χ3n) is 4.04. The van der Waals surface area contributed by atoms with Crippen LogP contribution in [0.15, 0.2) is 0 Å². The highest BCUT2D eigenvalue weighted by Gasteiger charge is 2.27. The lowest BCUT2D eigenvalue weighted by molar-refractivity contribution is -0.137. The van der Waals surface area contributed by atoms with E-state index in [9.17, 15) is 4.79 Å². The van der Waals surface area contributed by atoms with Crippen LogP contribution < -0.4 is 5.32 Å². The maximum absolute atomic E-state index is 12.1. The van der Waals surface area contributed by atoms with Gasteiger partial charge in [0.25, 0.3) is 0 Å². The Kier molecular flexibility index (Phi) is 5.01. The van der Waals surface area contributed by atoms with Gasteiger partial charge in [-0.2, -0.15) is 0 Å². The molecule has 4 heteroatoms. The van der Waals surface area contributed by atoms with E-state index in [0.717, 1.165) is 31.8 Å². The van der Waals surface area contributed by atoms with Gasteiger partial charge in [-0.25, -0.2) is 0 Å². The largest absolute Gasteiger partial charge is 0.384 e. The second-order valence-corrected chi connectivity index (χ2v) is 5.81. The molecule has 1 unspecified atom stereocenters. The Morgan fingerprint density at radius 2 is 2.00 bits per heavy atom. The third kappa shape index (κ3) is 3.95. The van der Waals surface area contributed by atoms with Crippen molar-refractivity contribution >= 4 is 5.91 Å². The van der Waals surface area contributed by atoms with Crippen molar-refractivity contribution in [2.45, 2.75) is 38.6 Å². The van der Waals surface area contributed by atoms with Gasteiger partial charge in [0.15, 0.2) is 0 Å². The van der Waals surface area contributed by atoms with Gasteiger partial charge in [0.05, 0.1) is 12.5 Å². The minimum Gasteiger partial charge on any atom is -0.384 e. The molecule has 1 aliphatic carbocycles. The van der Waals surface area contributed by atoms with E-state index in [2.05, 4.69) is 5.32 Å². The average Bonchev–Trinajstić information content (AvgIpc) is 3.20. The van der Waals surface area contributed by atoms with Gasteiger partial charge < -0.3 is 15.0 Å². The van der Waals surface area contributed by atoms with Crippen molar-refractivity contribution in [3.05, 3.63) is 0 Å². The zero-order chi connectivity index (χ0) is 13.0. The predicted octanol–water partition coefficient (Wildman–Crippen LogP) is 1.26. The molecule has 104 valence electrons. The van der Waals surface area contributed by atoms with Gasteiger partial charge >= 0.3 is 0 Å². The van der Waals surface area contributed by atoms with Crippen molar-refractivity contribution in [2.24, 2.45) is 11.8 Å². The molecule has 4 nitrogen and oxygen atoms in total. The van der Waals surface area contributed by atoms with Crippen LogP contribution in [0.5, 0.6) is 0 Å². The normalized spacial score (nSPS) is 23.1. The number of methoxy groups -OCH3 is 1. The van der Waals surface area contributed by atoms with Crippen LogP contribution in [-0.2, 0) is 9.53 Å². The van der Waals surface area contributed by atoms with E-state index >= 15 is 0 Å². The van der Waals surface area contributed by atoms with Gasteiger partial charge in [-0.15, -0.1) is 0 Å². The van der Waals surface area contributed by atoms with Crippen LogP contribution in [0.3, 0.4) is 0 Å². The van der Waals surface area contributed by atoms with Crippen molar-refractivity contribution < 1.29 is 9.53 Å². The van der Waals surface area contributed by atoms with Gasteiger partial charge in [-0.1, -0.05) is 6.92 Å². The van der Waals surface area contributed by atoms with E-state index in [-0.39, 0.29) is 11.8 Å². The van der Waals surface area contributed by atoms with Crippen LogP contribution >= 0.6 is 0 Å². The molecule has 1 saturated heterocycles. The minimum absolute atomic E-state index is 0.00836. The summed E-state index contributed by atoms with van der Waals surface area (Å²) in [4.78, 5) is 14.1. The summed E-state index contributed by atoms with van der Waals surface area (Å²) in [6.45, 7) is 5.45. The summed E-state index contributed by atoms with van der Waals surface area (Å²) in [5, 5.41) is 3.63. The maximum atomic E-state index is 12.1. The molecule has 1 aliphatic heterocycles. The number of likely N-dealkylation sites (tertiary alicyclic amines) is 1. The number of rotatable bonds is 6. The summed E-state index contributed by atoms with van der Waals surface area (Å²) in [6.07, 6.45) is 4.99. The first kappa shape index (κ1) is 13.8. The van der Waals surface area contributed by atoms with Crippen molar-refractivity contribution in [2.75, 3.05) is 33.4 Å². The summed E-state index contributed by atoms with van der Waals surface area (Å²) in [6, 6.07) is 0.618. The molecule has 0 aromatic heterocycles. The molecule has 0 aromatic carbocycles. The Hall–Kier alpha value is -0.610. The molecule has 2 rings (SSSR count). The first-order chi connectivity index (χ1) is 8.70. The van der Waals surface area contributed by atoms with Gasteiger partial charge in [0.1, 0.15) is 0 Å². The van der Waals surface area contributed by atoms with Gasteiger partial charge in [-0.05, 0) is 38.1 Å². The van der Waals surface area contributed by atoms with E-state index < -0.39 is 0 Å². The molecule has 0 spiro atoms. The van der Waals surface area contributed by atoms with Gasteiger partial charge in [-0.3, -0.25) is 4.79 Å². The lowest BCUT2D eigenvalue weighted by Crippen LogP contribution is -2.47. The number of ether oxygens (including phenoxy) is 1. The standard InChI is InChI=1S/C14H26N2O2/c1-11(10-18-2)14(17)16-7-5-13(6-8-16)15-9-12-3-4-12/h11-13,15H,3-10H2,1-2H3. The van der Waals surface area contributed by atoms with Crippen molar-refractivity contribution in [1.82, 2.24) is 10.2 Å². The number of hydrogen-bond acceptors (Lipinski definition) is 3. The summed E-state index contributed by atoms with van der Waals surface area (Å²) >= 11 is 0. The topological polar surface area (TPSA) is 41.6 Å². The summed E-state index contributed by atoms with van der Waals surface area (Å²) in [5.74, 6) is 1.18. The lowest BCUT2D eigenvalue weighted by Gasteiger charge is -2.34. The van der Waals surface area contributed by atoms with Crippen LogP contribution in [0.4, 0.5) is 0 Å². The number of amides is 1. The molecule has 0 radical (unpaired) electrons. The first-order valence-electron chi connectivity index (χ1n) is 7.21. The van der Waals surface area contributed by atoms with Crippen LogP contribution in [0.25, 0.3) is 0 Å². The van der Waals surface area contributed by atoms with Crippen LogP contribution in [0, 0.1) is 11.8 Å². The molecule has 1 N–H and O–H groups in total. The Labute approximate surface area is 110 Å². The maximum Gasteiger partial charge on any atom is 0.227 e. The number of piperidine rings is 1. The molecular formula is C14H26N2O2. The van der Waals surface area contributed by atoms with Gasteiger partial charge in [0.2, 0.25) is 5.91 Å². The van der Waals surface area contributed by atoms with E-state index in [1.807, 2.05) is 11.8 Å². The smallest absolute Gasteiger partial charge is 0.227 e. The third-order valence-corrected chi connectivity index (χ3v) is 4.04. The number of carbonyl (C=O) groups is 1. The molecule has 1 atom stereocenters. The summed E-state index contributed by atoms with van der Waals surface area (Å²) < 4.78 is 5.05. The Morgan fingerprint density at radius 1 is 1.33 bits per heavy atom. The van der Waals surface area contributed by atoms with Gasteiger partial charge in [0, 0.05) is 26.2 Å². The molecule has 1 heterocycles. The zero-order valence-electron chi connectivity index (χ0n) is 11.7. The molecule has 18 heavy (non-hydrogen) atoms. The minimum atomic E-state index is -0.00836. The number of carbonyl (C=O) groups excluding carboxylic acids is 1. The number of hydrogen-bond donors (Lipinski definition) is 1. The molecule has 2 aliphatic rings. The Morgan fingerprint density at radius 3 is 2.56 bits per heavy atom. The highest BCUT2D eigenvalue weighted by molar-refractivity contribution is 5.78.